The van der Waals surface area contributed by atoms with Gasteiger partial charge < -0.3 is 4.74 Å². The average Bonchev–Trinajstić information content (AvgIpc) is 2.52. The van der Waals surface area contributed by atoms with E-state index in [0.29, 0.717) is 16.3 Å². The fraction of sp³-hybridized carbons (Fsp3) is 0.0667. The first-order chi connectivity index (χ1) is 10.2. The molecule has 0 heterocycles. The molecule has 2 rings (SSSR count). The summed E-state index contributed by atoms with van der Waals surface area (Å²) in [5, 5.41) is 0.415. The fourth-order valence-electron chi connectivity index (χ4n) is 1.53. The number of halogens is 1. The minimum atomic E-state index is -0.487. The van der Waals surface area contributed by atoms with E-state index in [1.165, 1.54) is 0 Å². The maximum absolute atomic E-state index is 11.7. The highest BCUT2D eigenvalue weighted by Crippen LogP contribution is 2.22. The molecule has 108 valence electrons. The van der Waals surface area contributed by atoms with Gasteiger partial charge in [-0.15, -0.1) is 0 Å². The fourth-order valence-corrected chi connectivity index (χ4v) is 1.72. The molecule has 0 aliphatic rings. The molecule has 0 atom stereocenters. The molecule has 0 aromatic heterocycles. The summed E-state index contributed by atoms with van der Waals surface area (Å²) in [4.78, 5) is 23.3. The summed E-state index contributed by atoms with van der Waals surface area (Å²) in [6, 6.07) is 15.4. The number of benzene rings is 2. The molecule has 2 aromatic rings. The van der Waals surface area contributed by atoms with Crippen LogP contribution in [0.1, 0.15) is 10.4 Å². The summed E-state index contributed by atoms with van der Waals surface area (Å²) in [5.74, 6) is -0.482. The topological polar surface area (TPSA) is 67.4 Å². The number of ether oxygens (including phenoxy) is 1. The van der Waals surface area contributed by atoms with Gasteiger partial charge in [-0.1, -0.05) is 41.9 Å². The predicted octanol–water partition coefficient (Wildman–Crippen LogP) is 2.18. The van der Waals surface area contributed by atoms with Crippen molar-refractivity contribution in [2.24, 2.45) is 0 Å². The number of para-hydroxylation sites is 1. The van der Waals surface area contributed by atoms with Crippen molar-refractivity contribution in [1.82, 2.24) is 10.9 Å². The van der Waals surface area contributed by atoms with E-state index in [-0.39, 0.29) is 6.61 Å². The zero-order valence-corrected chi connectivity index (χ0v) is 11.8. The van der Waals surface area contributed by atoms with E-state index in [4.69, 9.17) is 16.3 Å². The Morgan fingerprint density at radius 2 is 1.62 bits per heavy atom. The standard InChI is InChI=1S/C15H13ClN2O3/c16-12-8-4-5-9-13(12)21-10-14(19)17-18-15(20)11-6-2-1-3-7-11/h1-9H,10H2,(H,17,19)(H,18,20). The molecule has 2 aromatic carbocycles. The number of hydrazine groups is 1. The molecule has 6 heteroatoms. The molecule has 0 aliphatic carbocycles. The molecule has 0 radical (unpaired) electrons. The lowest BCUT2D eigenvalue weighted by molar-refractivity contribution is -0.123. The van der Waals surface area contributed by atoms with Crippen molar-refractivity contribution in [3.05, 3.63) is 65.2 Å². The predicted molar refractivity (Wildman–Crippen MR) is 79.0 cm³/mol. The van der Waals surface area contributed by atoms with Crippen LogP contribution < -0.4 is 15.6 Å². The third kappa shape index (κ3) is 4.50. The maximum atomic E-state index is 11.7. The van der Waals surface area contributed by atoms with Crippen LogP contribution in [0.25, 0.3) is 0 Å². The first kappa shape index (κ1) is 14.9. The normalized spacial score (nSPS) is 9.76. The second kappa shape index (κ2) is 7.31. The van der Waals surface area contributed by atoms with Crippen LogP contribution in [0.3, 0.4) is 0 Å². The van der Waals surface area contributed by atoms with E-state index >= 15 is 0 Å². The van der Waals surface area contributed by atoms with Gasteiger partial charge in [-0.25, -0.2) is 0 Å². The molecule has 0 aliphatic heterocycles. The van der Waals surface area contributed by atoms with Gasteiger partial charge in [0.2, 0.25) is 0 Å². The lowest BCUT2D eigenvalue weighted by atomic mass is 10.2. The van der Waals surface area contributed by atoms with Crippen molar-refractivity contribution in [1.29, 1.82) is 0 Å². The van der Waals surface area contributed by atoms with E-state index in [9.17, 15) is 9.59 Å². The van der Waals surface area contributed by atoms with Gasteiger partial charge in [0.15, 0.2) is 6.61 Å². The minimum Gasteiger partial charge on any atom is -0.482 e. The third-order valence-corrected chi connectivity index (χ3v) is 2.86. The molecule has 0 saturated heterocycles. The first-order valence-electron chi connectivity index (χ1n) is 6.18. The maximum Gasteiger partial charge on any atom is 0.276 e. The third-order valence-electron chi connectivity index (χ3n) is 2.55. The van der Waals surface area contributed by atoms with Crippen LogP contribution in [0.15, 0.2) is 54.6 Å². The van der Waals surface area contributed by atoms with Crippen molar-refractivity contribution in [3.8, 4) is 5.75 Å². The minimum absolute atomic E-state index is 0.251. The highest BCUT2D eigenvalue weighted by Gasteiger charge is 2.08. The summed E-state index contributed by atoms with van der Waals surface area (Å²) < 4.78 is 5.24. The highest BCUT2D eigenvalue weighted by atomic mass is 35.5. The van der Waals surface area contributed by atoms with Crippen LogP contribution >= 0.6 is 11.6 Å². The van der Waals surface area contributed by atoms with E-state index < -0.39 is 11.8 Å². The Morgan fingerprint density at radius 1 is 0.952 bits per heavy atom. The summed E-state index contributed by atoms with van der Waals surface area (Å²) >= 11 is 5.89. The number of carbonyl (C=O) groups excluding carboxylic acids is 2. The van der Waals surface area contributed by atoms with Crippen molar-refractivity contribution in [3.63, 3.8) is 0 Å². The number of nitrogens with one attached hydrogen (secondary N) is 2. The van der Waals surface area contributed by atoms with Crippen molar-refractivity contribution >= 4 is 23.4 Å². The van der Waals surface area contributed by atoms with Crippen LogP contribution in [0.5, 0.6) is 5.75 Å². The van der Waals surface area contributed by atoms with Crippen molar-refractivity contribution in [2.75, 3.05) is 6.61 Å². The van der Waals surface area contributed by atoms with Gasteiger partial charge in [-0.2, -0.15) is 0 Å². The largest absolute Gasteiger partial charge is 0.482 e. The number of hydrogen-bond donors (Lipinski definition) is 2. The zero-order valence-electron chi connectivity index (χ0n) is 11.0. The number of hydrogen-bond acceptors (Lipinski definition) is 3. The van der Waals surface area contributed by atoms with E-state index in [0.717, 1.165) is 0 Å². The lowest BCUT2D eigenvalue weighted by Gasteiger charge is -2.09. The van der Waals surface area contributed by atoms with Crippen LogP contribution in [0.2, 0.25) is 5.02 Å². The van der Waals surface area contributed by atoms with Gasteiger partial charge in [0.05, 0.1) is 5.02 Å². The van der Waals surface area contributed by atoms with Crippen molar-refractivity contribution < 1.29 is 14.3 Å². The SMILES string of the molecule is O=C(COc1ccccc1Cl)NNC(=O)c1ccccc1. The second-order valence-electron chi connectivity index (χ2n) is 4.09. The average molecular weight is 305 g/mol. The van der Waals surface area contributed by atoms with Gasteiger partial charge in [-0.05, 0) is 24.3 Å². The smallest absolute Gasteiger partial charge is 0.276 e. The van der Waals surface area contributed by atoms with Gasteiger partial charge in [0, 0.05) is 5.56 Å². The molecule has 2 amide bonds. The lowest BCUT2D eigenvalue weighted by Crippen LogP contribution is -2.43. The monoisotopic (exact) mass is 304 g/mol. The Kier molecular flexibility index (Phi) is 5.17. The van der Waals surface area contributed by atoms with E-state index in [1.807, 2.05) is 0 Å². The molecule has 5 nitrogen and oxygen atoms in total. The van der Waals surface area contributed by atoms with Crippen LogP contribution in [-0.4, -0.2) is 18.4 Å². The van der Waals surface area contributed by atoms with Gasteiger partial charge in [0.1, 0.15) is 5.75 Å². The summed E-state index contributed by atoms with van der Waals surface area (Å²) in [5.41, 5.74) is 5.01. The van der Waals surface area contributed by atoms with E-state index in [2.05, 4.69) is 10.9 Å². The van der Waals surface area contributed by atoms with Crippen LogP contribution in [0.4, 0.5) is 0 Å². The van der Waals surface area contributed by atoms with Gasteiger partial charge in [0.25, 0.3) is 11.8 Å². The Morgan fingerprint density at radius 3 is 2.33 bits per heavy atom. The van der Waals surface area contributed by atoms with Crippen molar-refractivity contribution in [2.45, 2.75) is 0 Å². The van der Waals surface area contributed by atoms with Gasteiger partial charge in [-0.3, -0.25) is 20.4 Å². The Balaban J connectivity index is 1.78. The zero-order chi connectivity index (χ0) is 15.1. The van der Waals surface area contributed by atoms with Gasteiger partial charge >= 0.3 is 0 Å². The Hall–Kier alpha value is -2.53. The summed E-state index contributed by atoms with van der Waals surface area (Å²) in [6.45, 7) is -0.251. The number of amides is 2. The second-order valence-corrected chi connectivity index (χ2v) is 4.49. The summed E-state index contributed by atoms with van der Waals surface area (Å²) in [6.07, 6.45) is 0. The molecule has 21 heavy (non-hydrogen) atoms. The molecule has 0 saturated carbocycles. The highest BCUT2D eigenvalue weighted by molar-refractivity contribution is 6.32. The van der Waals surface area contributed by atoms with Crippen LogP contribution in [0, 0.1) is 0 Å². The molecule has 0 unspecified atom stereocenters. The molecular formula is C15H13ClN2O3. The number of carbonyl (C=O) groups is 2. The van der Waals surface area contributed by atoms with Crippen LogP contribution in [-0.2, 0) is 4.79 Å². The molecular weight excluding hydrogens is 292 g/mol. The molecule has 0 spiro atoms. The first-order valence-corrected chi connectivity index (χ1v) is 6.56. The van der Waals surface area contributed by atoms with E-state index in [1.54, 1.807) is 54.6 Å². The Bertz CT molecular complexity index is 632. The Labute approximate surface area is 126 Å². The molecule has 0 bridgehead atoms. The molecule has 2 N–H and O–H groups in total. The quantitative estimate of drug-likeness (QED) is 0.851. The summed E-state index contributed by atoms with van der Waals surface area (Å²) in [7, 11) is 0. The number of rotatable bonds is 4. The molecule has 0 fully saturated rings.